The molecule has 1 aliphatic heterocycles. The summed E-state index contributed by atoms with van der Waals surface area (Å²) in [5, 5.41) is 14.2. The fourth-order valence-corrected chi connectivity index (χ4v) is 2.41. The van der Waals surface area contributed by atoms with E-state index in [1.807, 2.05) is 24.3 Å². The first-order valence-corrected chi connectivity index (χ1v) is 7.05. The number of urea groups is 1. The maximum Gasteiger partial charge on any atom is 0.328 e. The number of hydrogen-bond acceptors (Lipinski definition) is 3. The average Bonchev–Trinajstić information content (AvgIpc) is 2.45. The lowest BCUT2D eigenvalue weighted by molar-refractivity contribution is -0.144. The van der Waals surface area contributed by atoms with E-state index in [1.165, 1.54) is 0 Å². The summed E-state index contributed by atoms with van der Waals surface area (Å²) >= 11 is 3.36. The van der Waals surface area contributed by atoms with Gasteiger partial charge < -0.3 is 15.7 Å². The molecule has 0 saturated carbocycles. The van der Waals surface area contributed by atoms with Crippen LogP contribution in [0.15, 0.2) is 28.7 Å². The molecule has 0 aliphatic carbocycles. The first-order chi connectivity index (χ1) is 9.99. The second-order valence-corrected chi connectivity index (χ2v) is 5.39. The van der Waals surface area contributed by atoms with E-state index in [-0.39, 0.29) is 25.5 Å². The Labute approximate surface area is 129 Å². The van der Waals surface area contributed by atoms with Gasteiger partial charge in [0.2, 0.25) is 5.91 Å². The topological polar surface area (TPSA) is 98.7 Å². The Hall–Kier alpha value is -2.09. The Morgan fingerprint density at radius 1 is 1.43 bits per heavy atom. The molecular weight excluding hydrogens is 342 g/mol. The van der Waals surface area contributed by atoms with Gasteiger partial charge in [-0.2, -0.15) is 0 Å². The molecule has 0 bridgehead atoms. The number of carbonyl (C=O) groups excluding carboxylic acids is 2. The van der Waals surface area contributed by atoms with E-state index in [9.17, 15) is 14.4 Å². The molecule has 1 fully saturated rings. The van der Waals surface area contributed by atoms with Gasteiger partial charge in [0, 0.05) is 17.6 Å². The summed E-state index contributed by atoms with van der Waals surface area (Å²) in [6.07, 6.45) is 0. The highest BCUT2D eigenvalue weighted by molar-refractivity contribution is 9.10. The lowest BCUT2D eigenvalue weighted by atomic mass is 10.2. The van der Waals surface area contributed by atoms with Gasteiger partial charge in [-0.1, -0.05) is 34.1 Å². The molecule has 1 atom stereocenters. The summed E-state index contributed by atoms with van der Waals surface area (Å²) in [4.78, 5) is 35.6. The van der Waals surface area contributed by atoms with Gasteiger partial charge >= 0.3 is 12.0 Å². The van der Waals surface area contributed by atoms with Gasteiger partial charge in [-0.25, -0.2) is 9.59 Å². The zero-order chi connectivity index (χ0) is 15.4. The molecule has 0 radical (unpaired) electrons. The maximum absolute atomic E-state index is 12.1. The molecule has 2 rings (SSSR count). The Morgan fingerprint density at radius 3 is 2.81 bits per heavy atom. The van der Waals surface area contributed by atoms with Gasteiger partial charge in [0.15, 0.2) is 0 Å². The largest absolute Gasteiger partial charge is 0.480 e. The predicted octanol–water partition coefficient (Wildman–Crippen LogP) is 0.544. The number of halogens is 1. The van der Waals surface area contributed by atoms with Crippen LogP contribution in [0.1, 0.15) is 5.56 Å². The molecule has 1 heterocycles. The van der Waals surface area contributed by atoms with Crippen LogP contribution in [-0.2, 0) is 16.1 Å². The minimum absolute atomic E-state index is 0.0867. The van der Waals surface area contributed by atoms with Gasteiger partial charge in [-0.05, 0) is 11.6 Å². The van der Waals surface area contributed by atoms with Crippen LogP contribution in [0, 0.1) is 0 Å². The number of rotatable bonds is 3. The number of piperazine rings is 1. The van der Waals surface area contributed by atoms with E-state index in [0.717, 1.165) is 14.9 Å². The Balaban J connectivity index is 2.02. The molecular formula is C13H14BrN3O4. The predicted molar refractivity (Wildman–Crippen MR) is 77.5 cm³/mol. The number of nitrogens with one attached hydrogen (secondary N) is 2. The van der Waals surface area contributed by atoms with Gasteiger partial charge in [-0.3, -0.25) is 9.69 Å². The van der Waals surface area contributed by atoms with Gasteiger partial charge in [-0.15, -0.1) is 0 Å². The summed E-state index contributed by atoms with van der Waals surface area (Å²) in [6.45, 7) is -0.111. The monoisotopic (exact) mass is 355 g/mol. The highest BCUT2D eigenvalue weighted by Gasteiger charge is 2.35. The van der Waals surface area contributed by atoms with Crippen molar-refractivity contribution in [2.24, 2.45) is 0 Å². The number of nitrogens with zero attached hydrogens (tertiary/aromatic N) is 1. The average molecular weight is 356 g/mol. The number of carbonyl (C=O) groups is 3. The summed E-state index contributed by atoms with van der Waals surface area (Å²) < 4.78 is 0.844. The molecule has 1 aromatic rings. The first-order valence-electron chi connectivity index (χ1n) is 6.26. The number of carboxylic acids is 1. The molecule has 8 heteroatoms. The van der Waals surface area contributed by atoms with Gasteiger partial charge in [0.25, 0.3) is 0 Å². The van der Waals surface area contributed by atoms with E-state index in [2.05, 4.69) is 26.6 Å². The van der Waals surface area contributed by atoms with E-state index in [4.69, 9.17) is 5.11 Å². The summed E-state index contributed by atoms with van der Waals surface area (Å²) in [5.41, 5.74) is 0.860. The van der Waals surface area contributed by atoms with Crippen LogP contribution >= 0.6 is 15.9 Å². The molecule has 112 valence electrons. The number of benzene rings is 1. The minimum Gasteiger partial charge on any atom is -0.480 e. The Kier molecular flexibility index (Phi) is 4.79. The van der Waals surface area contributed by atoms with Crippen LogP contribution in [0.3, 0.4) is 0 Å². The molecule has 7 nitrogen and oxygen atoms in total. The third-order valence-corrected chi connectivity index (χ3v) is 3.89. The maximum atomic E-state index is 12.1. The van der Waals surface area contributed by atoms with Crippen molar-refractivity contribution in [3.63, 3.8) is 0 Å². The fraction of sp³-hybridized carbons (Fsp3) is 0.308. The first kappa shape index (κ1) is 15.3. The second kappa shape index (κ2) is 6.57. The van der Waals surface area contributed by atoms with Crippen LogP contribution in [-0.4, -0.2) is 47.0 Å². The van der Waals surface area contributed by atoms with Crippen molar-refractivity contribution in [3.05, 3.63) is 34.3 Å². The highest BCUT2D eigenvalue weighted by atomic mass is 79.9. The summed E-state index contributed by atoms with van der Waals surface area (Å²) in [6, 6.07) is 5.73. The van der Waals surface area contributed by atoms with E-state index in [1.54, 1.807) is 0 Å². The number of hydrogen-bond donors (Lipinski definition) is 3. The normalized spacial score (nSPS) is 18.0. The summed E-state index contributed by atoms with van der Waals surface area (Å²) in [7, 11) is 0. The second-order valence-electron chi connectivity index (χ2n) is 4.54. The van der Waals surface area contributed by atoms with Crippen LogP contribution in [0.25, 0.3) is 0 Å². The third kappa shape index (κ3) is 3.72. The van der Waals surface area contributed by atoms with E-state index >= 15 is 0 Å². The molecule has 3 amide bonds. The standard InChI is InChI=1S/C13H14BrN3O4/c14-9-4-2-1-3-8(9)5-16-13(21)17-7-11(18)15-6-10(17)12(19)20/h1-4,10H,5-7H2,(H,15,18)(H,16,21)(H,19,20). The zero-order valence-corrected chi connectivity index (χ0v) is 12.6. The molecule has 1 saturated heterocycles. The molecule has 1 aromatic carbocycles. The molecule has 0 aromatic heterocycles. The third-order valence-electron chi connectivity index (χ3n) is 3.12. The smallest absolute Gasteiger partial charge is 0.328 e. The van der Waals surface area contributed by atoms with Crippen LogP contribution in [0.2, 0.25) is 0 Å². The quantitative estimate of drug-likeness (QED) is 0.736. The van der Waals surface area contributed by atoms with Crippen molar-refractivity contribution in [1.82, 2.24) is 15.5 Å². The number of carboxylic acid groups (broad SMARTS) is 1. The molecule has 0 spiro atoms. The minimum atomic E-state index is -1.15. The Bertz CT molecular complexity index is 578. The van der Waals surface area contributed by atoms with Crippen molar-refractivity contribution in [1.29, 1.82) is 0 Å². The summed E-state index contributed by atoms with van der Waals surface area (Å²) in [5.74, 6) is -1.52. The van der Waals surface area contributed by atoms with Crippen LogP contribution in [0.5, 0.6) is 0 Å². The van der Waals surface area contributed by atoms with Crippen LogP contribution < -0.4 is 10.6 Å². The number of amides is 3. The van der Waals surface area contributed by atoms with Gasteiger partial charge in [0.05, 0.1) is 0 Å². The lowest BCUT2D eigenvalue weighted by Gasteiger charge is -2.32. The fourth-order valence-electron chi connectivity index (χ4n) is 1.99. The lowest BCUT2D eigenvalue weighted by Crippen LogP contribution is -2.61. The van der Waals surface area contributed by atoms with Crippen molar-refractivity contribution in [3.8, 4) is 0 Å². The zero-order valence-electron chi connectivity index (χ0n) is 11.0. The van der Waals surface area contributed by atoms with Crippen molar-refractivity contribution >= 4 is 33.8 Å². The number of aliphatic carboxylic acids is 1. The van der Waals surface area contributed by atoms with E-state index in [0.29, 0.717) is 0 Å². The molecule has 1 aliphatic rings. The van der Waals surface area contributed by atoms with Crippen molar-refractivity contribution in [2.45, 2.75) is 12.6 Å². The van der Waals surface area contributed by atoms with Gasteiger partial charge in [0.1, 0.15) is 12.6 Å². The highest BCUT2D eigenvalue weighted by Crippen LogP contribution is 2.15. The van der Waals surface area contributed by atoms with E-state index < -0.39 is 18.0 Å². The van der Waals surface area contributed by atoms with Crippen molar-refractivity contribution in [2.75, 3.05) is 13.1 Å². The van der Waals surface area contributed by atoms with Crippen molar-refractivity contribution < 1.29 is 19.5 Å². The molecule has 21 heavy (non-hydrogen) atoms. The Morgan fingerprint density at radius 2 is 2.14 bits per heavy atom. The molecule has 1 unspecified atom stereocenters. The van der Waals surface area contributed by atoms with Crippen LogP contribution in [0.4, 0.5) is 4.79 Å². The SMILES string of the molecule is O=C1CN(C(=O)NCc2ccccc2Br)C(C(=O)O)CN1. The molecule has 3 N–H and O–H groups in total.